The zero-order valence-corrected chi connectivity index (χ0v) is 28.3. The lowest BCUT2D eigenvalue weighted by Gasteiger charge is -2.30. The first-order valence-electron chi connectivity index (χ1n) is 16.1. The summed E-state index contributed by atoms with van der Waals surface area (Å²) in [6.45, 7) is 7.15. The number of nitrogens with zero attached hydrogens (tertiary/aromatic N) is 1. The van der Waals surface area contributed by atoms with Crippen LogP contribution in [-0.4, -0.2) is 55.0 Å². The standard InChI is InChI=1S/C32H64N2O2S.BrH/c1-5-6-7-8-9-10-11-12-14-17-20-23-28-34(3,4)29-25-27-33-32(36)26-22-19-16-13-15-18-21-24-30-37-31(2)35;/h5-30H2,1-4H3;1H. The minimum Gasteiger partial charge on any atom is -1.00 e. The average Bonchev–Trinajstić information content (AvgIpc) is 2.85. The van der Waals surface area contributed by atoms with Crippen molar-refractivity contribution < 1.29 is 31.1 Å². The Bertz CT molecular complexity index is 532. The molecule has 1 amide bonds. The lowest BCUT2D eigenvalue weighted by Crippen LogP contribution is -3.00. The second kappa shape index (κ2) is 29.9. The number of quaternary nitrogens is 1. The van der Waals surface area contributed by atoms with E-state index in [1.807, 2.05) is 0 Å². The van der Waals surface area contributed by atoms with Crippen LogP contribution in [0.15, 0.2) is 0 Å². The Morgan fingerprint density at radius 3 is 1.53 bits per heavy atom. The molecule has 0 radical (unpaired) electrons. The van der Waals surface area contributed by atoms with Gasteiger partial charge < -0.3 is 26.8 Å². The van der Waals surface area contributed by atoms with Crippen molar-refractivity contribution in [1.82, 2.24) is 5.32 Å². The third-order valence-corrected chi connectivity index (χ3v) is 8.38. The van der Waals surface area contributed by atoms with E-state index in [-0.39, 0.29) is 28.0 Å². The van der Waals surface area contributed by atoms with Crippen LogP contribution in [0.2, 0.25) is 0 Å². The lowest BCUT2D eigenvalue weighted by molar-refractivity contribution is -0.890. The van der Waals surface area contributed by atoms with E-state index < -0.39 is 0 Å². The molecular weight excluding hydrogens is 556 g/mol. The number of hydrogen-bond donors (Lipinski definition) is 1. The van der Waals surface area contributed by atoms with E-state index in [4.69, 9.17) is 0 Å². The Morgan fingerprint density at radius 1 is 0.605 bits per heavy atom. The Morgan fingerprint density at radius 2 is 1.03 bits per heavy atom. The van der Waals surface area contributed by atoms with E-state index in [0.717, 1.165) is 49.0 Å². The Kier molecular flexibility index (Phi) is 31.5. The van der Waals surface area contributed by atoms with Crippen molar-refractivity contribution in [1.29, 1.82) is 0 Å². The number of unbranched alkanes of at least 4 members (excludes halogenated alkanes) is 18. The first-order valence-corrected chi connectivity index (χ1v) is 17.1. The van der Waals surface area contributed by atoms with Crippen LogP contribution < -0.4 is 22.3 Å². The molecule has 0 aromatic heterocycles. The highest BCUT2D eigenvalue weighted by Crippen LogP contribution is 2.14. The summed E-state index contributed by atoms with van der Waals surface area (Å²) in [6.07, 6.45) is 28.3. The molecule has 38 heavy (non-hydrogen) atoms. The minimum absolute atomic E-state index is 0. The maximum absolute atomic E-state index is 12.1. The molecule has 0 aromatic rings. The van der Waals surface area contributed by atoms with E-state index in [1.165, 1.54) is 127 Å². The van der Waals surface area contributed by atoms with Gasteiger partial charge in [0.15, 0.2) is 5.12 Å². The zero-order chi connectivity index (χ0) is 27.5. The third-order valence-electron chi connectivity index (χ3n) is 7.48. The molecule has 6 heteroatoms. The van der Waals surface area contributed by atoms with Gasteiger partial charge in [-0.1, -0.05) is 121 Å². The molecule has 1 N–H and O–H groups in total. The van der Waals surface area contributed by atoms with Gasteiger partial charge in [0.1, 0.15) is 0 Å². The Hall–Kier alpha value is -0.0700. The first kappa shape index (κ1) is 40.1. The number of rotatable bonds is 28. The number of amides is 1. The monoisotopic (exact) mass is 620 g/mol. The highest BCUT2D eigenvalue weighted by atomic mass is 79.9. The van der Waals surface area contributed by atoms with Gasteiger partial charge in [-0.05, 0) is 25.7 Å². The number of hydrogen-bond acceptors (Lipinski definition) is 3. The van der Waals surface area contributed by atoms with E-state index in [9.17, 15) is 9.59 Å². The van der Waals surface area contributed by atoms with Gasteiger partial charge in [0.2, 0.25) is 5.91 Å². The molecule has 0 aromatic carbocycles. The second-order valence-corrected chi connectivity index (χ2v) is 13.2. The van der Waals surface area contributed by atoms with E-state index in [0.29, 0.717) is 6.42 Å². The molecule has 0 bridgehead atoms. The van der Waals surface area contributed by atoms with Crippen molar-refractivity contribution >= 4 is 22.8 Å². The van der Waals surface area contributed by atoms with Gasteiger partial charge in [0.05, 0.1) is 27.2 Å². The van der Waals surface area contributed by atoms with Crippen molar-refractivity contribution in [3.63, 3.8) is 0 Å². The van der Waals surface area contributed by atoms with Gasteiger partial charge in [0.25, 0.3) is 0 Å². The third kappa shape index (κ3) is 32.1. The maximum atomic E-state index is 12.1. The average molecular weight is 622 g/mol. The Balaban J connectivity index is 0. The molecule has 0 aliphatic heterocycles. The van der Waals surface area contributed by atoms with Crippen molar-refractivity contribution in [3.8, 4) is 0 Å². The summed E-state index contributed by atoms with van der Waals surface area (Å²) in [5.74, 6) is 1.20. The summed E-state index contributed by atoms with van der Waals surface area (Å²) < 4.78 is 1.07. The number of nitrogens with one attached hydrogen (secondary N) is 1. The molecule has 4 nitrogen and oxygen atoms in total. The molecule has 228 valence electrons. The van der Waals surface area contributed by atoms with Gasteiger partial charge in [-0.15, -0.1) is 0 Å². The summed E-state index contributed by atoms with van der Waals surface area (Å²) in [4.78, 5) is 23.0. The molecule has 0 aliphatic carbocycles. The number of carbonyl (C=O) groups is 2. The molecule has 0 spiro atoms. The van der Waals surface area contributed by atoms with Crippen molar-refractivity contribution in [2.45, 2.75) is 155 Å². The van der Waals surface area contributed by atoms with Crippen molar-refractivity contribution in [2.24, 2.45) is 0 Å². The number of thioether (sulfide) groups is 1. The van der Waals surface area contributed by atoms with E-state index >= 15 is 0 Å². The van der Waals surface area contributed by atoms with E-state index in [1.54, 1.807) is 6.92 Å². The molecule has 0 saturated carbocycles. The van der Waals surface area contributed by atoms with Crippen LogP contribution in [0.3, 0.4) is 0 Å². The molecular formula is C32H65BrN2O2S. The van der Waals surface area contributed by atoms with Crippen LogP contribution in [0.5, 0.6) is 0 Å². The molecule has 0 unspecified atom stereocenters. The topological polar surface area (TPSA) is 46.2 Å². The van der Waals surface area contributed by atoms with Gasteiger partial charge in [-0.2, -0.15) is 0 Å². The molecule has 0 aliphatic rings. The lowest BCUT2D eigenvalue weighted by atomic mass is 10.1. The van der Waals surface area contributed by atoms with Gasteiger partial charge >= 0.3 is 0 Å². The smallest absolute Gasteiger partial charge is 0.219 e. The fraction of sp³-hybridized carbons (Fsp3) is 0.938. The largest absolute Gasteiger partial charge is 1.00 e. The Labute approximate surface area is 253 Å². The van der Waals surface area contributed by atoms with Crippen LogP contribution in [-0.2, 0) is 9.59 Å². The highest BCUT2D eigenvalue weighted by Gasteiger charge is 2.14. The summed E-state index contributed by atoms with van der Waals surface area (Å²) in [6, 6.07) is 0. The number of carbonyl (C=O) groups excluding carboxylic acids is 2. The summed E-state index contributed by atoms with van der Waals surface area (Å²) in [5, 5.41) is 3.37. The van der Waals surface area contributed by atoms with Crippen LogP contribution in [0.4, 0.5) is 0 Å². The highest BCUT2D eigenvalue weighted by molar-refractivity contribution is 8.13. The SMILES string of the molecule is CCCCCCCCCCCCCC[N+](C)(C)CCCNC(=O)CCCCCCCCCCSC(C)=O.[Br-]. The van der Waals surface area contributed by atoms with E-state index in [2.05, 4.69) is 26.3 Å². The quantitative estimate of drug-likeness (QED) is 0.0853. The zero-order valence-electron chi connectivity index (χ0n) is 25.9. The van der Waals surface area contributed by atoms with Crippen molar-refractivity contribution in [3.05, 3.63) is 0 Å². The number of halogens is 1. The minimum atomic E-state index is 0. The van der Waals surface area contributed by atoms with Gasteiger partial charge in [-0.25, -0.2) is 0 Å². The molecule has 0 rings (SSSR count). The molecule has 0 atom stereocenters. The van der Waals surface area contributed by atoms with Crippen LogP contribution in [0.1, 0.15) is 155 Å². The van der Waals surface area contributed by atoms with Crippen LogP contribution in [0.25, 0.3) is 0 Å². The van der Waals surface area contributed by atoms with Crippen LogP contribution in [0, 0.1) is 0 Å². The maximum Gasteiger partial charge on any atom is 0.219 e. The summed E-state index contributed by atoms with van der Waals surface area (Å²) >= 11 is 1.45. The normalized spacial score (nSPS) is 11.4. The van der Waals surface area contributed by atoms with Gasteiger partial charge in [0, 0.05) is 32.1 Å². The predicted molar refractivity (Wildman–Crippen MR) is 165 cm³/mol. The molecule has 0 heterocycles. The van der Waals surface area contributed by atoms with Crippen LogP contribution >= 0.6 is 11.8 Å². The summed E-state index contributed by atoms with van der Waals surface area (Å²) in [5.41, 5.74) is 0. The predicted octanol–water partition coefficient (Wildman–Crippen LogP) is 6.06. The first-order chi connectivity index (χ1) is 17.9. The summed E-state index contributed by atoms with van der Waals surface area (Å²) in [7, 11) is 4.68. The van der Waals surface area contributed by atoms with Gasteiger partial charge in [-0.3, -0.25) is 9.59 Å². The molecule has 0 saturated heterocycles. The molecule has 0 fully saturated rings. The second-order valence-electron chi connectivity index (χ2n) is 11.9. The fourth-order valence-electron chi connectivity index (χ4n) is 4.98. The van der Waals surface area contributed by atoms with Crippen molar-refractivity contribution in [2.75, 3.05) is 39.5 Å². The fourth-order valence-corrected chi connectivity index (χ4v) is 5.62.